The lowest BCUT2D eigenvalue weighted by molar-refractivity contribution is 0.470. The molecule has 7 nitrogen and oxygen atoms in total. The zero-order chi connectivity index (χ0) is 18.3. The first-order chi connectivity index (χ1) is 12.6. The summed E-state index contributed by atoms with van der Waals surface area (Å²) >= 11 is 0. The lowest BCUT2D eigenvalue weighted by atomic mass is 10.0. The van der Waals surface area contributed by atoms with Crippen molar-refractivity contribution in [1.29, 1.82) is 5.26 Å². The van der Waals surface area contributed by atoms with Gasteiger partial charge >= 0.3 is 0 Å². The van der Waals surface area contributed by atoms with Crippen molar-refractivity contribution in [3.63, 3.8) is 0 Å². The maximum atomic E-state index is 9.26. The molecule has 1 aromatic carbocycles. The summed E-state index contributed by atoms with van der Waals surface area (Å²) in [6.07, 6.45) is 3.98. The molecule has 0 radical (unpaired) electrons. The SMILES string of the molecule is Cc1cc(Oc2c(C3CC3)nn(Cc3cn[nH]n3)c2C)cc(C)c1C#N. The third-order valence-corrected chi connectivity index (χ3v) is 4.76. The van der Waals surface area contributed by atoms with E-state index in [9.17, 15) is 5.26 Å². The second-order valence-corrected chi connectivity index (χ2v) is 6.84. The Labute approximate surface area is 151 Å². The number of hydrogen-bond acceptors (Lipinski definition) is 5. The highest BCUT2D eigenvalue weighted by Gasteiger charge is 2.32. The van der Waals surface area contributed by atoms with Crippen LogP contribution in [0.3, 0.4) is 0 Å². The molecular formula is C19H20N6O. The van der Waals surface area contributed by atoms with Crippen LogP contribution in [0.4, 0.5) is 0 Å². The molecular weight excluding hydrogens is 328 g/mol. The minimum Gasteiger partial charge on any atom is -0.453 e. The molecule has 0 spiro atoms. The number of hydrogen-bond donors (Lipinski definition) is 1. The van der Waals surface area contributed by atoms with Crippen LogP contribution in [0.5, 0.6) is 11.5 Å². The maximum absolute atomic E-state index is 9.26. The number of H-pyrrole nitrogens is 1. The number of nitrogens with one attached hydrogen (secondary N) is 1. The fourth-order valence-corrected chi connectivity index (χ4v) is 3.19. The zero-order valence-corrected chi connectivity index (χ0v) is 15.1. The van der Waals surface area contributed by atoms with E-state index in [1.54, 1.807) is 6.20 Å². The number of aryl methyl sites for hydroxylation is 2. The number of aromatic amines is 1. The van der Waals surface area contributed by atoms with Crippen molar-refractivity contribution >= 4 is 0 Å². The van der Waals surface area contributed by atoms with Crippen LogP contribution in [-0.2, 0) is 6.54 Å². The van der Waals surface area contributed by atoms with Gasteiger partial charge in [0.15, 0.2) is 5.75 Å². The van der Waals surface area contributed by atoms with E-state index in [-0.39, 0.29) is 0 Å². The Hall–Kier alpha value is -3.14. The highest BCUT2D eigenvalue weighted by molar-refractivity contribution is 5.50. The number of nitriles is 1. The van der Waals surface area contributed by atoms with Crippen LogP contribution in [0.25, 0.3) is 0 Å². The van der Waals surface area contributed by atoms with Gasteiger partial charge in [-0.3, -0.25) is 4.68 Å². The molecule has 1 saturated carbocycles. The van der Waals surface area contributed by atoms with Crippen LogP contribution in [0.15, 0.2) is 18.3 Å². The molecule has 0 aliphatic heterocycles. The standard InChI is InChI=1S/C19H20N6O/c1-11-6-16(7-12(2)17(11)8-20)26-19-13(3)25(10-15-9-21-24-22-15)23-18(19)14-4-5-14/h6-7,9,14H,4-5,10H2,1-3H3,(H,21,22,24). The van der Waals surface area contributed by atoms with Gasteiger partial charge in [-0.15, -0.1) is 0 Å². The van der Waals surface area contributed by atoms with Crippen LogP contribution in [0.1, 0.15) is 52.5 Å². The van der Waals surface area contributed by atoms with Crippen molar-refractivity contribution in [3.05, 3.63) is 52.1 Å². The molecule has 1 fully saturated rings. The van der Waals surface area contributed by atoms with Crippen LogP contribution >= 0.6 is 0 Å². The lowest BCUT2D eigenvalue weighted by Crippen LogP contribution is -2.04. The van der Waals surface area contributed by atoms with Gasteiger partial charge in [0.25, 0.3) is 0 Å². The van der Waals surface area contributed by atoms with E-state index in [0.717, 1.165) is 52.5 Å². The quantitative estimate of drug-likeness (QED) is 0.761. The molecule has 0 unspecified atom stereocenters. The van der Waals surface area contributed by atoms with Gasteiger partial charge in [0.05, 0.1) is 30.1 Å². The number of ether oxygens (including phenoxy) is 1. The Balaban J connectivity index is 1.70. The van der Waals surface area contributed by atoms with Gasteiger partial charge in [-0.05, 0) is 56.9 Å². The van der Waals surface area contributed by atoms with Crippen molar-refractivity contribution in [3.8, 4) is 17.6 Å². The molecule has 7 heteroatoms. The lowest BCUT2D eigenvalue weighted by Gasteiger charge is -2.10. The van der Waals surface area contributed by atoms with Crippen molar-refractivity contribution in [2.45, 2.75) is 46.1 Å². The molecule has 3 aromatic rings. The van der Waals surface area contributed by atoms with Gasteiger partial charge in [-0.1, -0.05) is 0 Å². The summed E-state index contributed by atoms with van der Waals surface area (Å²) in [4.78, 5) is 0. The molecule has 1 N–H and O–H groups in total. The first-order valence-corrected chi connectivity index (χ1v) is 8.68. The average molecular weight is 348 g/mol. The minimum absolute atomic E-state index is 0.461. The van der Waals surface area contributed by atoms with E-state index in [4.69, 9.17) is 9.84 Å². The third-order valence-electron chi connectivity index (χ3n) is 4.76. The average Bonchev–Trinajstić information content (AvgIpc) is 3.24. The summed E-state index contributed by atoms with van der Waals surface area (Å²) in [5.74, 6) is 2.02. The largest absolute Gasteiger partial charge is 0.453 e. The van der Waals surface area contributed by atoms with Gasteiger partial charge < -0.3 is 4.74 Å². The molecule has 0 atom stereocenters. The predicted molar refractivity (Wildman–Crippen MR) is 95.1 cm³/mol. The minimum atomic E-state index is 0.461. The van der Waals surface area contributed by atoms with Gasteiger partial charge in [-0.25, -0.2) is 0 Å². The second-order valence-electron chi connectivity index (χ2n) is 6.84. The van der Waals surface area contributed by atoms with Gasteiger partial charge in [0.1, 0.15) is 17.1 Å². The molecule has 0 saturated heterocycles. The topological polar surface area (TPSA) is 92.4 Å². The molecule has 132 valence electrons. The summed E-state index contributed by atoms with van der Waals surface area (Å²) in [6, 6.07) is 6.07. The van der Waals surface area contributed by atoms with E-state index in [2.05, 4.69) is 21.5 Å². The van der Waals surface area contributed by atoms with E-state index in [0.29, 0.717) is 18.0 Å². The summed E-state index contributed by atoms with van der Waals surface area (Å²) in [5, 5.41) is 24.6. The van der Waals surface area contributed by atoms with E-state index >= 15 is 0 Å². The Morgan fingerprint density at radius 2 is 2.00 bits per heavy atom. The molecule has 4 rings (SSSR count). The first-order valence-electron chi connectivity index (χ1n) is 8.68. The van der Waals surface area contributed by atoms with E-state index in [1.165, 1.54) is 0 Å². The molecule has 0 bridgehead atoms. The van der Waals surface area contributed by atoms with Gasteiger partial charge in [0.2, 0.25) is 0 Å². The first kappa shape index (κ1) is 16.3. The van der Waals surface area contributed by atoms with E-state index in [1.807, 2.05) is 37.6 Å². The molecule has 1 aliphatic rings. The number of aromatic nitrogens is 5. The number of rotatable bonds is 5. The summed E-state index contributed by atoms with van der Waals surface area (Å²) in [7, 11) is 0. The maximum Gasteiger partial charge on any atom is 0.171 e. The Morgan fingerprint density at radius 1 is 1.27 bits per heavy atom. The second kappa shape index (κ2) is 6.30. The summed E-state index contributed by atoms with van der Waals surface area (Å²) in [5.41, 5.74) is 5.35. The van der Waals surface area contributed by atoms with E-state index < -0.39 is 0 Å². The van der Waals surface area contributed by atoms with Crippen LogP contribution < -0.4 is 4.74 Å². The summed E-state index contributed by atoms with van der Waals surface area (Å²) in [6.45, 7) is 6.43. The van der Waals surface area contributed by atoms with Gasteiger partial charge in [0, 0.05) is 5.92 Å². The molecule has 2 heterocycles. The normalized spacial score (nSPS) is 13.6. The van der Waals surface area contributed by atoms with Crippen molar-refractivity contribution in [2.24, 2.45) is 0 Å². The molecule has 2 aromatic heterocycles. The third kappa shape index (κ3) is 2.94. The fourth-order valence-electron chi connectivity index (χ4n) is 3.19. The Bertz CT molecular complexity index is 969. The molecule has 1 aliphatic carbocycles. The summed E-state index contributed by atoms with van der Waals surface area (Å²) < 4.78 is 8.19. The predicted octanol–water partition coefficient (Wildman–Crippen LogP) is 3.52. The number of benzene rings is 1. The highest BCUT2D eigenvalue weighted by atomic mass is 16.5. The van der Waals surface area contributed by atoms with Crippen molar-refractivity contribution < 1.29 is 4.74 Å². The van der Waals surface area contributed by atoms with Crippen molar-refractivity contribution in [2.75, 3.05) is 0 Å². The Morgan fingerprint density at radius 3 is 2.58 bits per heavy atom. The monoisotopic (exact) mass is 348 g/mol. The Kier molecular flexibility index (Phi) is 3.96. The van der Waals surface area contributed by atoms with Crippen molar-refractivity contribution in [1.82, 2.24) is 25.2 Å². The number of nitrogens with zero attached hydrogens (tertiary/aromatic N) is 5. The molecule has 26 heavy (non-hydrogen) atoms. The highest BCUT2D eigenvalue weighted by Crippen LogP contribution is 2.46. The molecule has 0 amide bonds. The zero-order valence-electron chi connectivity index (χ0n) is 15.1. The smallest absolute Gasteiger partial charge is 0.171 e. The fraction of sp³-hybridized carbons (Fsp3) is 0.368. The van der Waals surface area contributed by atoms with Gasteiger partial charge in [-0.2, -0.15) is 25.8 Å². The van der Waals surface area contributed by atoms with Crippen LogP contribution in [0.2, 0.25) is 0 Å². The van der Waals surface area contributed by atoms with Crippen LogP contribution in [0, 0.1) is 32.1 Å². The van der Waals surface area contributed by atoms with Crippen LogP contribution in [-0.4, -0.2) is 25.2 Å².